The highest BCUT2D eigenvalue weighted by atomic mass is 16.2. The fourth-order valence-electron chi connectivity index (χ4n) is 2.90. The summed E-state index contributed by atoms with van der Waals surface area (Å²) in [6, 6.07) is 0.217. The van der Waals surface area contributed by atoms with Gasteiger partial charge in [-0.05, 0) is 31.6 Å². The number of carbonyl (C=O) groups is 2. The molecule has 0 radical (unpaired) electrons. The minimum Gasteiger partial charge on any atom is -0.353 e. The van der Waals surface area contributed by atoms with E-state index in [4.69, 9.17) is 5.73 Å². The summed E-state index contributed by atoms with van der Waals surface area (Å²) in [5.74, 6) is 0.732. The van der Waals surface area contributed by atoms with Gasteiger partial charge in [0.05, 0.1) is 5.92 Å². The molecule has 1 fully saturated rings. The normalized spacial score (nSPS) is 17.9. The summed E-state index contributed by atoms with van der Waals surface area (Å²) in [5.41, 5.74) is 5.75. The molecule has 0 bridgehead atoms. The summed E-state index contributed by atoms with van der Waals surface area (Å²) in [7, 11) is 0. The predicted octanol–water partition coefficient (Wildman–Crippen LogP) is 1.51. The van der Waals surface area contributed by atoms with Crippen LogP contribution in [-0.4, -0.2) is 42.4 Å². The molecule has 1 atom stereocenters. The summed E-state index contributed by atoms with van der Waals surface area (Å²) in [5, 5.41) is 3.05. The molecule has 5 heteroatoms. The van der Waals surface area contributed by atoms with Crippen LogP contribution in [0.4, 0.5) is 0 Å². The second kappa shape index (κ2) is 9.03. The van der Waals surface area contributed by atoms with E-state index in [1.54, 1.807) is 0 Å². The van der Waals surface area contributed by atoms with Crippen molar-refractivity contribution < 1.29 is 9.59 Å². The molecule has 1 heterocycles. The third-order valence-corrected chi connectivity index (χ3v) is 4.04. The number of hydrogen-bond donors (Lipinski definition) is 2. The van der Waals surface area contributed by atoms with Crippen molar-refractivity contribution in [3.8, 4) is 0 Å². The van der Waals surface area contributed by atoms with Crippen LogP contribution in [0.3, 0.4) is 0 Å². The van der Waals surface area contributed by atoms with Crippen molar-refractivity contribution in [1.29, 1.82) is 0 Å². The number of nitrogens with one attached hydrogen (secondary N) is 1. The first-order valence-electron chi connectivity index (χ1n) is 8.26. The van der Waals surface area contributed by atoms with E-state index in [2.05, 4.69) is 19.2 Å². The van der Waals surface area contributed by atoms with E-state index in [1.807, 2.05) is 11.8 Å². The van der Waals surface area contributed by atoms with Crippen LogP contribution in [0, 0.1) is 11.8 Å². The summed E-state index contributed by atoms with van der Waals surface area (Å²) in [6.07, 6.45) is 4.00. The molecule has 1 unspecified atom stereocenters. The second-order valence-corrected chi connectivity index (χ2v) is 6.48. The lowest BCUT2D eigenvalue weighted by molar-refractivity contribution is -0.137. The number of piperidine rings is 1. The fraction of sp³-hybridized carbons (Fsp3) is 0.875. The molecule has 0 aromatic rings. The van der Waals surface area contributed by atoms with Gasteiger partial charge in [-0.3, -0.25) is 9.59 Å². The van der Waals surface area contributed by atoms with E-state index < -0.39 is 0 Å². The molecule has 0 aliphatic carbocycles. The van der Waals surface area contributed by atoms with E-state index in [1.165, 1.54) is 0 Å². The minimum atomic E-state index is -0.0590. The van der Waals surface area contributed by atoms with Crippen molar-refractivity contribution in [2.24, 2.45) is 17.6 Å². The summed E-state index contributed by atoms with van der Waals surface area (Å²) < 4.78 is 0. The average molecular weight is 297 g/mol. The van der Waals surface area contributed by atoms with E-state index in [9.17, 15) is 9.59 Å². The molecule has 0 saturated carbocycles. The van der Waals surface area contributed by atoms with Crippen LogP contribution in [0.1, 0.15) is 52.9 Å². The molecule has 1 aliphatic heterocycles. The summed E-state index contributed by atoms with van der Waals surface area (Å²) in [6.45, 7) is 8.11. The molecule has 0 aromatic carbocycles. The Kier molecular flexibility index (Phi) is 7.72. The average Bonchev–Trinajstić information content (AvgIpc) is 2.45. The third kappa shape index (κ3) is 6.04. The minimum absolute atomic E-state index is 0.0590. The Morgan fingerprint density at radius 2 is 1.90 bits per heavy atom. The molecule has 21 heavy (non-hydrogen) atoms. The monoisotopic (exact) mass is 297 g/mol. The van der Waals surface area contributed by atoms with E-state index in [-0.39, 0.29) is 23.8 Å². The first-order valence-corrected chi connectivity index (χ1v) is 8.26. The standard InChI is InChI=1S/C16H31N3O2/c1-4-5-15(20)18-14-6-8-19(9-7-14)16(21)13(11-17)10-12(2)3/h12-14H,4-11,17H2,1-3H3,(H,18,20). The van der Waals surface area contributed by atoms with Crippen LogP contribution >= 0.6 is 0 Å². The SMILES string of the molecule is CCCC(=O)NC1CCN(C(=O)C(CN)CC(C)C)CC1. The lowest BCUT2D eigenvalue weighted by atomic mass is 9.94. The maximum absolute atomic E-state index is 12.5. The Labute approximate surface area is 128 Å². The van der Waals surface area contributed by atoms with Crippen LogP contribution in [0.25, 0.3) is 0 Å². The van der Waals surface area contributed by atoms with Crippen molar-refractivity contribution >= 4 is 11.8 Å². The maximum Gasteiger partial charge on any atom is 0.226 e. The van der Waals surface area contributed by atoms with Gasteiger partial charge in [-0.1, -0.05) is 20.8 Å². The van der Waals surface area contributed by atoms with Gasteiger partial charge in [0, 0.05) is 32.1 Å². The van der Waals surface area contributed by atoms with Crippen LogP contribution in [0.5, 0.6) is 0 Å². The number of rotatable bonds is 7. The van der Waals surface area contributed by atoms with Gasteiger partial charge in [-0.25, -0.2) is 0 Å². The Balaban J connectivity index is 2.41. The van der Waals surface area contributed by atoms with Crippen molar-refractivity contribution in [2.75, 3.05) is 19.6 Å². The molecule has 2 amide bonds. The number of nitrogens with zero attached hydrogens (tertiary/aromatic N) is 1. The molecular formula is C16H31N3O2. The largest absolute Gasteiger partial charge is 0.353 e. The highest BCUT2D eigenvalue weighted by Crippen LogP contribution is 2.18. The first kappa shape index (κ1) is 18.0. The quantitative estimate of drug-likeness (QED) is 0.748. The summed E-state index contributed by atoms with van der Waals surface area (Å²) in [4.78, 5) is 26.0. The highest BCUT2D eigenvalue weighted by molar-refractivity contribution is 5.79. The molecule has 3 N–H and O–H groups in total. The van der Waals surface area contributed by atoms with Crippen molar-refractivity contribution in [1.82, 2.24) is 10.2 Å². The van der Waals surface area contributed by atoms with E-state index in [0.717, 1.165) is 38.8 Å². The van der Waals surface area contributed by atoms with Gasteiger partial charge < -0.3 is 16.0 Å². The zero-order valence-electron chi connectivity index (χ0n) is 13.7. The van der Waals surface area contributed by atoms with Gasteiger partial charge in [0.15, 0.2) is 0 Å². The molecular weight excluding hydrogens is 266 g/mol. The molecule has 1 rings (SSSR count). The summed E-state index contributed by atoms with van der Waals surface area (Å²) >= 11 is 0. The third-order valence-electron chi connectivity index (χ3n) is 4.04. The van der Waals surface area contributed by atoms with Gasteiger partial charge in [0.2, 0.25) is 11.8 Å². The van der Waals surface area contributed by atoms with Crippen molar-refractivity contribution in [3.05, 3.63) is 0 Å². The Morgan fingerprint density at radius 1 is 1.29 bits per heavy atom. The number of hydrogen-bond acceptors (Lipinski definition) is 3. The van der Waals surface area contributed by atoms with Crippen LogP contribution in [0.15, 0.2) is 0 Å². The zero-order chi connectivity index (χ0) is 15.8. The first-order chi connectivity index (χ1) is 9.97. The predicted molar refractivity (Wildman–Crippen MR) is 84.7 cm³/mol. The van der Waals surface area contributed by atoms with Crippen LogP contribution in [-0.2, 0) is 9.59 Å². The van der Waals surface area contributed by atoms with Gasteiger partial charge >= 0.3 is 0 Å². The van der Waals surface area contributed by atoms with Crippen molar-refractivity contribution in [3.63, 3.8) is 0 Å². The van der Waals surface area contributed by atoms with Gasteiger partial charge in [-0.15, -0.1) is 0 Å². The smallest absolute Gasteiger partial charge is 0.226 e. The number of likely N-dealkylation sites (tertiary alicyclic amines) is 1. The maximum atomic E-state index is 12.5. The second-order valence-electron chi connectivity index (χ2n) is 6.48. The number of nitrogens with two attached hydrogens (primary N) is 1. The Hall–Kier alpha value is -1.10. The van der Waals surface area contributed by atoms with Gasteiger partial charge in [0.25, 0.3) is 0 Å². The lowest BCUT2D eigenvalue weighted by Crippen LogP contribution is -2.49. The molecule has 1 saturated heterocycles. The molecule has 0 aromatic heterocycles. The molecule has 5 nitrogen and oxygen atoms in total. The Bertz CT molecular complexity index is 336. The van der Waals surface area contributed by atoms with E-state index in [0.29, 0.717) is 18.9 Å². The van der Waals surface area contributed by atoms with Crippen LogP contribution < -0.4 is 11.1 Å². The zero-order valence-corrected chi connectivity index (χ0v) is 13.7. The number of amides is 2. The van der Waals surface area contributed by atoms with Gasteiger partial charge in [-0.2, -0.15) is 0 Å². The van der Waals surface area contributed by atoms with E-state index >= 15 is 0 Å². The topological polar surface area (TPSA) is 75.4 Å². The van der Waals surface area contributed by atoms with Crippen molar-refractivity contribution in [2.45, 2.75) is 58.9 Å². The lowest BCUT2D eigenvalue weighted by Gasteiger charge is -2.34. The molecule has 1 aliphatic rings. The molecule has 0 spiro atoms. The van der Waals surface area contributed by atoms with Gasteiger partial charge in [0.1, 0.15) is 0 Å². The molecule has 122 valence electrons. The Morgan fingerprint density at radius 3 is 2.38 bits per heavy atom. The fourth-order valence-corrected chi connectivity index (χ4v) is 2.90. The highest BCUT2D eigenvalue weighted by Gasteiger charge is 2.28. The number of carbonyl (C=O) groups excluding carboxylic acids is 2. The van der Waals surface area contributed by atoms with Crippen LogP contribution in [0.2, 0.25) is 0 Å².